The van der Waals surface area contributed by atoms with Crippen LogP contribution in [0.1, 0.15) is 35.8 Å². The van der Waals surface area contributed by atoms with E-state index in [0.29, 0.717) is 35.0 Å². The maximum Gasteiger partial charge on any atom is 0.362 e. The number of aliphatic hydroxyl groups excluding tert-OH is 1. The molecule has 0 radical (unpaired) electrons. The van der Waals surface area contributed by atoms with E-state index in [1.807, 2.05) is 0 Å². The lowest BCUT2D eigenvalue weighted by Crippen LogP contribution is -2.08. The van der Waals surface area contributed by atoms with E-state index >= 15 is 0 Å². The molecule has 1 aliphatic rings. The highest BCUT2D eigenvalue weighted by Crippen LogP contribution is 2.36. The summed E-state index contributed by atoms with van der Waals surface area (Å²) >= 11 is 0. The molecule has 1 saturated carbocycles. The fourth-order valence-electron chi connectivity index (χ4n) is 3.19. The second kappa shape index (κ2) is 8.62. The zero-order valence-corrected chi connectivity index (χ0v) is 16.5. The van der Waals surface area contributed by atoms with Gasteiger partial charge in [-0.3, -0.25) is 9.67 Å². The molecule has 1 fully saturated rings. The molecule has 4 rings (SSSR count). The van der Waals surface area contributed by atoms with Crippen LogP contribution < -0.4 is 4.74 Å². The molecule has 0 aliphatic heterocycles. The normalized spacial score (nSPS) is 13.3. The Balaban J connectivity index is 1.71. The molecule has 0 unspecified atom stereocenters. The number of esters is 1. The first-order chi connectivity index (χ1) is 14.6. The number of rotatable bonds is 8. The van der Waals surface area contributed by atoms with E-state index in [4.69, 9.17) is 9.47 Å². The quantitative estimate of drug-likeness (QED) is 0.565. The average Bonchev–Trinajstić information content (AvgIpc) is 3.47. The molecular formula is C22H22FN3O4. The van der Waals surface area contributed by atoms with Crippen LogP contribution in [0.2, 0.25) is 0 Å². The molecule has 8 heteroatoms. The van der Waals surface area contributed by atoms with E-state index in [1.54, 1.807) is 42.2 Å². The SMILES string of the molecule is CCOC(=O)c1nn(CC2CC2)cc1Oc1cccnc1-c1ccc(F)cc1CO. The second-order valence-electron chi connectivity index (χ2n) is 7.14. The summed E-state index contributed by atoms with van der Waals surface area (Å²) in [6.07, 6.45) is 5.55. The molecule has 156 valence electrons. The number of hydrogen-bond acceptors (Lipinski definition) is 6. The van der Waals surface area contributed by atoms with Gasteiger partial charge in [0.15, 0.2) is 11.5 Å². The highest BCUT2D eigenvalue weighted by molar-refractivity contribution is 5.90. The van der Waals surface area contributed by atoms with Gasteiger partial charge in [0, 0.05) is 18.3 Å². The molecule has 7 nitrogen and oxygen atoms in total. The Labute approximate surface area is 173 Å². The van der Waals surface area contributed by atoms with Crippen molar-refractivity contribution in [1.29, 1.82) is 0 Å². The molecule has 0 saturated heterocycles. The number of ether oxygens (including phenoxy) is 2. The first-order valence-electron chi connectivity index (χ1n) is 9.86. The van der Waals surface area contributed by atoms with Crippen molar-refractivity contribution in [2.45, 2.75) is 32.9 Å². The van der Waals surface area contributed by atoms with Gasteiger partial charge < -0.3 is 14.6 Å². The maximum absolute atomic E-state index is 13.6. The van der Waals surface area contributed by atoms with Crippen LogP contribution in [0.15, 0.2) is 42.7 Å². The van der Waals surface area contributed by atoms with Crippen molar-refractivity contribution in [2.24, 2.45) is 5.92 Å². The van der Waals surface area contributed by atoms with Gasteiger partial charge in [-0.05, 0) is 61.6 Å². The fraction of sp³-hybridized carbons (Fsp3) is 0.318. The molecule has 1 N–H and O–H groups in total. The Bertz CT molecular complexity index is 1060. The maximum atomic E-state index is 13.6. The number of carbonyl (C=O) groups excluding carboxylic acids is 1. The third kappa shape index (κ3) is 4.33. The molecule has 3 aromatic rings. The molecule has 0 atom stereocenters. The zero-order chi connectivity index (χ0) is 21.1. The lowest BCUT2D eigenvalue weighted by atomic mass is 10.0. The van der Waals surface area contributed by atoms with Crippen LogP contribution in [0.4, 0.5) is 4.39 Å². The number of nitrogens with zero attached hydrogens (tertiary/aromatic N) is 3. The van der Waals surface area contributed by atoms with Gasteiger partial charge in [-0.25, -0.2) is 9.18 Å². The topological polar surface area (TPSA) is 86.5 Å². The molecule has 30 heavy (non-hydrogen) atoms. The minimum absolute atomic E-state index is 0.0915. The third-order valence-electron chi connectivity index (χ3n) is 4.82. The molecular weight excluding hydrogens is 389 g/mol. The predicted molar refractivity (Wildman–Crippen MR) is 107 cm³/mol. The van der Waals surface area contributed by atoms with Gasteiger partial charge in [0.25, 0.3) is 0 Å². The van der Waals surface area contributed by atoms with Gasteiger partial charge in [0.2, 0.25) is 5.69 Å². The molecule has 1 aromatic carbocycles. The van der Waals surface area contributed by atoms with Gasteiger partial charge in [0.05, 0.1) is 19.4 Å². The highest BCUT2D eigenvalue weighted by Gasteiger charge is 2.26. The van der Waals surface area contributed by atoms with Crippen LogP contribution in [0, 0.1) is 11.7 Å². The van der Waals surface area contributed by atoms with Gasteiger partial charge in [0.1, 0.15) is 11.5 Å². The Kier molecular flexibility index (Phi) is 5.76. The summed E-state index contributed by atoms with van der Waals surface area (Å²) in [6, 6.07) is 7.48. The number of halogens is 1. The van der Waals surface area contributed by atoms with Crippen molar-refractivity contribution in [3.8, 4) is 22.8 Å². The lowest BCUT2D eigenvalue weighted by molar-refractivity contribution is 0.0515. The van der Waals surface area contributed by atoms with Crippen molar-refractivity contribution in [3.05, 3.63) is 59.8 Å². The van der Waals surface area contributed by atoms with E-state index in [1.165, 1.54) is 12.1 Å². The lowest BCUT2D eigenvalue weighted by Gasteiger charge is -2.12. The first kappa shape index (κ1) is 20.0. The van der Waals surface area contributed by atoms with Crippen LogP contribution in [-0.4, -0.2) is 32.4 Å². The van der Waals surface area contributed by atoms with Crippen LogP contribution in [0.5, 0.6) is 11.5 Å². The third-order valence-corrected chi connectivity index (χ3v) is 4.82. The van der Waals surface area contributed by atoms with E-state index in [-0.39, 0.29) is 24.7 Å². The number of carbonyl (C=O) groups is 1. The summed E-state index contributed by atoms with van der Waals surface area (Å²) in [6.45, 7) is 2.31. The Hall–Kier alpha value is -3.26. The number of hydrogen-bond donors (Lipinski definition) is 1. The van der Waals surface area contributed by atoms with Crippen molar-refractivity contribution in [1.82, 2.24) is 14.8 Å². The van der Waals surface area contributed by atoms with Crippen LogP contribution in [0.3, 0.4) is 0 Å². The van der Waals surface area contributed by atoms with Crippen LogP contribution in [-0.2, 0) is 17.9 Å². The summed E-state index contributed by atoms with van der Waals surface area (Å²) in [5, 5.41) is 14.0. The standard InChI is InChI=1S/C22H22FN3O4/c1-2-29-22(28)21-19(12-26(25-21)11-14-5-6-14)30-18-4-3-9-24-20(18)17-8-7-16(23)10-15(17)13-27/h3-4,7-10,12,14,27H,2,5-6,11,13H2,1H3. The van der Waals surface area contributed by atoms with Crippen molar-refractivity contribution < 1.29 is 23.8 Å². The summed E-state index contributed by atoms with van der Waals surface area (Å²) < 4.78 is 26.5. The number of aromatic nitrogens is 3. The molecule has 1 aliphatic carbocycles. The minimum Gasteiger partial charge on any atom is -0.461 e. The summed E-state index contributed by atoms with van der Waals surface area (Å²) in [5.74, 6) is 0.164. The number of aliphatic hydroxyl groups is 1. The Morgan fingerprint density at radius 2 is 2.13 bits per heavy atom. The van der Waals surface area contributed by atoms with E-state index in [9.17, 15) is 14.3 Å². The molecule has 0 spiro atoms. The summed E-state index contributed by atoms with van der Waals surface area (Å²) in [7, 11) is 0. The number of benzene rings is 1. The van der Waals surface area contributed by atoms with E-state index in [2.05, 4.69) is 10.1 Å². The van der Waals surface area contributed by atoms with Crippen molar-refractivity contribution in [2.75, 3.05) is 6.61 Å². The predicted octanol–water partition coefficient (Wildman–Crippen LogP) is 3.96. The highest BCUT2D eigenvalue weighted by atomic mass is 19.1. The van der Waals surface area contributed by atoms with Crippen molar-refractivity contribution in [3.63, 3.8) is 0 Å². The monoisotopic (exact) mass is 411 g/mol. The molecule has 0 amide bonds. The average molecular weight is 411 g/mol. The largest absolute Gasteiger partial charge is 0.461 e. The van der Waals surface area contributed by atoms with Gasteiger partial charge in [-0.2, -0.15) is 5.10 Å². The first-order valence-corrected chi connectivity index (χ1v) is 9.86. The van der Waals surface area contributed by atoms with Gasteiger partial charge in [-0.1, -0.05) is 0 Å². The Morgan fingerprint density at radius 1 is 1.30 bits per heavy atom. The van der Waals surface area contributed by atoms with Gasteiger partial charge in [-0.15, -0.1) is 0 Å². The fourth-order valence-corrected chi connectivity index (χ4v) is 3.19. The molecule has 2 heterocycles. The molecule has 2 aromatic heterocycles. The Morgan fingerprint density at radius 3 is 2.87 bits per heavy atom. The van der Waals surface area contributed by atoms with E-state index < -0.39 is 11.8 Å². The van der Waals surface area contributed by atoms with E-state index in [0.717, 1.165) is 12.8 Å². The summed E-state index contributed by atoms with van der Waals surface area (Å²) in [5.41, 5.74) is 1.44. The van der Waals surface area contributed by atoms with Gasteiger partial charge >= 0.3 is 5.97 Å². The summed E-state index contributed by atoms with van der Waals surface area (Å²) in [4.78, 5) is 16.8. The van der Waals surface area contributed by atoms with Crippen LogP contribution >= 0.6 is 0 Å². The minimum atomic E-state index is -0.565. The smallest absolute Gasteiger partial charge is 0.362 e. The molecule has 0 bridgehead atoms. The van der Waals surface area contributed by atoms with Crippen molar-refractivity contribution >= 4 is 5.97 Å². The second-order valence-corrected chi connectivity index (χ2v) is 7.14. The zero-order valence-electron chi connectivity index (χ0n) is 16.5. The van der Waals surface area contributed by atoms with Crippen LogP contribution in [0.25, 0.3) is 11.3 Å². The number of pyridine rings is 1.